The third kappa shape index (κ3) is 6.29. The molecule has 1 aromatic rings. The summed E-state index contributed by atoms with van der Waals surface area (Å²) in [7, 11) is -2.02. The van der Waals surface area contributed by atoms with E-state index < -0.39 is 16.0 Å². The number of ether oxygens (including phenoxy) is 1. The summed E-state index contributed by atoms with van der Waals surface area (Å²) in [5.74, 6) is -0.592. The maximum absolute atomic E-state index is 11.8. The average Bonchev–Trinajstić information content (AvgIpc) is 2.56. The summed E-state index contributed by atoms with van der Waals surface area (Å²) in [6.07, 6.45) is 1.40. The van der Waals surface area contributed by atoms with Crippen molar-refractivity contribution in [2.24, 2.45) is 0 Å². The van der Waals surface area contributed by atoms with Gasteiger partial charge in [-0.1, -0.05) is 13.3 Å². The Labute approximate surface area is 143 Å². The number of methoxy groups -OCH3 is 1. The largest absolute Gasteiger partial charge is 0.465 e. The van der Waals surface area contributed by atoms with Crippen LogP contribution in [0.1, 0.15) is 37.0 Å². The standard InChI is InChI=1S/C16H24N2O5S/c1-4-5-12-24(21,22)17-10-11-18(13(2)19)15-8-6-14(7-9-15)16(20)23-3/h6-9,17H,4-5,10-12H2,1-3H3. The number of amides is 1. The van der Waals surface area contributed by atoms with E-state index in [0.717, 1.165) is 6.42 Å². The fourth-order valence-corrected chi connectivity index (χ4v) is 3.30. The third-order valence-electron chi connectivity index (χ3n) is 3.40. The van der Waals surface area contributed by atoms with Crippen molar-refractivity contribution in [1.29, 1.82) is 0 Å². The zero-order chi connectivity index (χ0) is 18.2. The van der Waals surface area contributed by atoms with Crippen molar-refractivity contribution in [2.75, 3.05) is 30.9 Å². The molecule has 8 heteroatoms. The summed E-state index contributed by atoms with van der Waals surface area (Å²) in [5.41, 5.74) is 0.966. The van der Waals surface area contributed by atoms with Crippen LogP contribution in [-0.4, -0.2) is 46.2 Å². The second kappa shape index (κ2) is 9.39. The summed E-state index contributed by atoms with van der Waals surface area (Å²) in [6.45, 7) is 3.66. The molecule has 0 unspecified atom stereocenters. The number of hydrogen-bond donors (Lipinski definition) is 1. The zero-order valence-corrected chi connectivity index (χ0v) is 15.1. The first-order chi connectivity index (χ1) is 11.3. The Balaban J connectivity index is 2.71. The number of nitrogens with one attached hydrogen (secondary N) is 1. The Morgan fingerprint density at radius 1 is 1.21 bits per heavy atom. The second-order valence-corrected chi connectivity index (χ2v) is 7.20. The van der Waals surface area contributed by atoms with Crippen molar-refractivity contribution in [1.82, 2.24) is 4.72 Å². The maximum Gasteiger partial charge on any atom is 0.337 e. The summed E-state index contributed by atoms with van der Waals surface area (Å²) in [4.78, 5) is 24.7. The van der Waals surface area contributed by atoms with E-state index in [9.17, 15) is 18.0 Å². The lowest BCUT2D eigenvalue weighted by molar-refractivity contribution is -0.116. The number of benzene rings is 1. The van der Waals surface area contributed by atoms with Gasteiger partial charge >= 0.3 is 5.97 Å². The van der Waals surface area contributed by atoms with E-state index in [1.807, 2.05) is 6.92 Å². The van der Waals surface area contributed by atoms with Gasteiger partial charge < -0.3 is 9.64 Å². The van der Waals surface area contributed by atoms with Crippen LogP contribution in [-0.2, 0) is 19.6 Å². The number of nitrogens with zero attached hydrogens (tertiary/aromatic N) is 1. The van der Waals surface area contributed by atoms with Crippen LogP contribution in [0, 0.1) is 0 Å². The fraction of sp³-hybridized carbons (Fsp3) is 0.500. The number of unbranched alkanes of at least 4 members (excludes halogenated alkanes) is 1. The lowest BCUT2D eigenvalue weighted by atomic mass is 10.2. The van der Waals surface area contributed by atoms with E-state index in [2.05, 4.69) is 9.46 Å². The Morgan fingerprint density at radius 3 is 2.33 bits per heavy atom. The maximum atomic E-state index is 11.8. The number of anilines is 1. The zero-order valence-electron chi connectivity index (χ0n) is 14.2. The fourth-order valence-electron chi connectivity index (χ4n) is 2.08. The van der Waals surface area contributed by atoms with E-state index >= 15 is 0 Å². The topological polar surface area (TPSA) is 92.8 Å². The molecule has 24 heavy (non-hydrogen) atoms. The predicted octanol–water partition coefficient (Wildman–Crippen LogP) is 1.55. The molecule has 1 rings (SSSR count). The molecule has 0 heterocycles. The van der Waals surface area contributed by atoms with Crippen molar-refractivity contribution in [3.63, 3.8) is 0 Å². The lowest BCUT2D eigenvalue weighted by Crippen LogP contribution is -2.38. The van der Waals surface area contributed by atoms with Gasteiger partial charge in [0.15, 0.2) is 0 Å². The van der Waals surface area contributed by atoms with E-state index in [4.69, 9.17) is 0 Å². The molecule has 1 amide bonds. The summed E-state index contributed by atoms with van der Waals surface area (Å²) in [5, 5.41) is 0. The van der Waals surface area contributed by atoms with Crippen LogP contribution in [0.2, 0.25) is 0 Å². The molecule has 0 aliphatic rings. The third-order valence-corrected chi connectivity index (χ3v) is 4.87. The second-order valence-electron chi connectivity index (χ2n) is 5.28. The number of carbonyl (C=O) groups is 2. The number of hydrogen-bond acceptors (Lipinski definition) is 5. The molecule has 0 saturated heterocycles. The van der Waals surface area contributed by atoms with Gasteiger partial charge in [0, 0.05) is 25.7 Å². The lowest BCUT2D eigenvalue weighted by Gasteiger charge is -2.21. The first-order valence-electron chi connectivity index (χ1n) is 7.74. The van der Waals surface area contributed by atoms with E-state index in [1.165, 1.54) is 18.9 Å². The van der Waals surface area contributed by atoms with Crippen molar-refractivity contribution < 1.29 is 22.7 Å². The summed E-state index contributed by atoms with van der Waals surface area (Å²) in [6, 6.07) is 6.36. The highest BCUT2D eigenvalue weighted by molar-refractivity contribution is 7.89. The van der Waals surface area contributed by atoms with Crippen LogP contribution in [0.4, 0.5) is 5.69 Å². The molecule has 0 spiro atoms. The Kier molecular flexibility index (Phi) is 7.87. The Hall–Kier alpha value is -1.93. The van der Waals surface area contributed by atoms with Crippen LogP contribution in [0.15, 0.2) is 24.3 Å². The van der Waals surface area contributed by atoms with Gasteiger partial charge in [0.05, 0.1) is 18.4 Å². The van der Waals surface area contributed by atoms with Crippen LogP contribution in [0.5, 0.6) is 0 Å². The molecule has 0 radical (unpaired) electrons. The van der Waals surface area contributed by atoms with Gasteiger partial charge in [-0.05, 0) is 30.7 Å². The molecular weight excluding hydrogens is 332 g/mol. The van der Waals surface area contributed by atoms with Crippen LogP contribution >= 0.6 is 0 Å². The SMILES string of the molecule is CCCCS(=O)(=O)NCCN(C(C)=O)c1ccc(C(=O)OC)cc1. The molecule has 1 aromatic carbocycles. The van der Waals surface area contributed by atoms with Crippen LogP contribution in [0.3, 0.4) is 0 Å². The van der Waals surface area contributed by atoms with Gasteiger partial charge in [0.1, 0.15) is 0 Å². The molecule has 0 saturated carbocycles. The highest BCUT2D eigenvalue weighted by Crippen LogP contribution is 2.16. The molecule has 0 atom stereocenters. The predicted molar refractivity (Wildman–Crippen MR) is 92.5 cm³/mol. The minimum absolute atomic E-state index is 0.0808. The van der Waals surface area contributed by atoms with Gasteiger partial charge in [0.25, 0.3) is 0 Å². The Bertz CT molecular complexity index is 656. The molecular formula is C16H24N2O5S. The minimum atomic E-state index is -3.32. The van der Waals surface area contributed by atoms with Crippen molar-refractivity contribution >= 4 is 27.6 Å². The van der Waals surface area contributed by atoms with Crippen molar-refractivity contribution in [2.45, 2.75) is 26.7 Å². The first-order valence-corrected chi connectivity index (χ1v) is 9.39. The van der Waals surface area contributed by atoms with Gasteiger partial charge in [0.2, 0.25) is 15.9 Å². The first kappa shape index (κ1) is 20.1. The summed E-state index contributed by atoms with van der Waals surface area (Å²) < 4.78 is 30.6. The highest BCUT2D eigenvalue weighted by atomic mass is 32.2. The van der Waals surface area contributed by atoms with Crippen molar-refractivity contribution in [3.8, 4) is 0 Å². The molecule has 0 aliphatic heterocycles. The van der Waals surface area contributed by atoms with Gasteiger partial charge in [-0.25, -0.2) is 17.9 Å². The number of sulfonamides is 1. The van der Waals surface area contributed by atoms with E-state index in [1.54, 1.807) is 24.3 Å². The highest BCUT2D eigenvalue weighted by Gasteiger charge is 2.15. The number of carbonyl (C=O) groups excluding carboxylic acids is 2. The van der Waals surface area contributed by atoms with Crippen LogP contribution in [0.25, 0.3) is 0 Å². The molecule has 134 valence electrons. The van der Waals surface area contributed by atoms with Gasteiger partial charge in [-0.2, -0.15) is 0 Å². The Morgan fingerprint density at radius 2 is 1.83 bits per heavy atom. The molecule has 1 N–H and O–H groups in total. The molecule has 0 bridgehead atoms. The monoisotopic (exact) mass is 356 g/mol. The average molecular weight is 356 g/mol. The molecule has 0 aromatic heterocycles. The normalized spacial score (nSPS) is 11.1. The van der Waals surface area contributed by atoms with Gasteiger partial charge in [-0.3, -0.25) is 4.79 Å². The van der Waals surface area contributed by atoms with E-state index in [-0.39, 0.29) is 24.7 Å². The molecule has 7 nitrogen and oxygen atoms in total. The van der Waals surface area contributed by atoms with Gasteiger partial charge in [-0.15, -0.1) is 0 Å². The number of rotatable bonds is 9. The smallest absolute Gasteiger partial charge is 0.337 e. The van der Waals surface area contributed by atoms with Crippen molar-refractivity contribution in [3.05, 3.63) is 29.8 Å². The molecule has 0 fully saturated rings. The summed E-state index contributed by atoms with van der Waals surface area (Å²) >= 11 is 0. The van der Waals surface area contributed by atoms with E-state index in [0.29, 0.717) is 17.7 Å². The van der Waals surface area contributed by atoms with Crippen LogP contribution < -0.4 is 9.62 Å². The quantitative estimate of drug-likeness (QED) is 0.678. The molecule has 0 aliphatic carbocycles. The number of esters is 1. The minimum Gasteiger partial charge on any atom is -0.465 e.